The molecular formula is C18H31NO. The van der Waals surface area contributed by atoms with Crippen LogP contribution in [0.1, 0.15) is 65.0 Å². The minimum absolute atomic E-state index is 0.124. The van der Waals surface area contributed by atoms with Crippen molar-refractivity contribution < 1.29 is 4.74 Å². The SMILES string of the molecule is CCCCCCOC(CNC(C)(C)C)c1ccccc1. The van der Waals surface area contributed by atoms with Crippen LogP contribution >= 0.6 is 0 Å². The third-order valence-electron chi connectivity index (χ3n) is 3.31. The Kier molecular flexibility index (Phi) is 7.86. The van der Waals surface area contributed by atoms with Gasteiger partial charge in [-0.2, -0.15) is 0 Å². The summed E-state index contributed by atoms with van der Waals surface area (Å²) in [4.78, 5) is 0. The van der Waals surface area contributed by atoms with Crippen LogP contribution in [-0.2, 0) is 4.74 Å². The molecule has 0 saturated heterocycles. The standard InChI is InChI=1S/C18H31NO/c1-5-6-7-11-14-20-17(15-19-18(2,3)4)16-12-9-8-10-13-16/h8-10,12-13,17,19H,5-7,11,14-15H2,1-4H3. The monoisotopic (exact) mass is 277 g/mol. The summed E-state index contributed by atoms with van der Waals surface area (Å²) in [6.07, 6.45) is 5.15. The van der Waals surface area contributed by atoms with E-state index in [0.29, 0.717) is 0 Å². The Balaban J connectivity index is 2.47. The largest absolute Gasteiger partial charge is 0.372 e. The zero-order chi connectivity index (χ0) is 14.8. The zero-order valence-corrected chi connectivity index (χ0v) is 13.6. The van der Waals surface area contributed by atoms with Crippen molar-refractivity contribution in [3.05, 3.63) is 35.9 Å². The Morgan fingerprint density at radius 3 is 2.35 bits per heavy atom. The van der Waals surface area contributed by atoms with E-state index in [-0.39, 0.29) is 11.6 Å². The van der Waals surface area contributed by atoms with Gasteiger partial charge in [0.15, 0.2) is 0 Å². The molecule has 0 radical (unpaired) electrons. The molecule has 0 amide bonds. The fourth-order valence-corrected chi connectivity index (χ4v) is 2.09. The number of unbranched alkanes of at least 4 members (excludes halogenated alkanes) is 3. The summed E-state index contributed by atoms with van der Waals surface area (Å²) in [5, 5.41) is 3.55. The molecule has 0 aliphatic heterocycles. The van der Waals surface area contributed by atoms with Gasteiger partial charge in [0.2, 0.25) is 0 Å². The van der Waals surface area contributed by atoms with Crippen LogP contribution in [0.5, 0.6) is 0 Å². The lowest BCUT2D eigenvalue weighted by Crippen LogP contribution is -2.39. The number of ether oxygens (including phenoxy) is 1. The first-order chi connectivity index (χ1) is 9.53. The highest BCUT2D eigenvalue weighted by molar-refractivity contribution is 5.18. The number of nitrogens with one attached hydrogen (secondary N) is 1. The van der Waals surface area contributed by atoms with Crippen molar-refractivity contribution in [2.24, 2.45) is 0 Å². The van der Waals surface area contributed by atoms with E-state index in [1.165, 1.54) is 24.8 Å². The molecule has 0 aliphatic carbocycles. The molecular weight excluding hydrogens is 246 g/mol. The second-order valence-corrected chi connectivity index (χ2v) is 6.46. The van der Waals surface area contributed by atoms with Crippen molar-refractivity contribution in [3.63, 3.8) is 0 Å². The van der Waals surface area contributed by atoms with Gasteiger partial charge in [0.05, 0.1) is 6.10 Å². The maximum absolute atomic E-state index is 6.11. The molecule has 0 aliphatic rings. The van der Waals surface area contributed by atoms with E-state index >= 15 is 0 Å². The molecule has 0 fully saturated rings. The Bertz CT molecular complexity index is 342. The van der Waals surface area contributed by atoms with Gasteiger partial charge >= 0.3 is 0 Å². The van der Waals surface area contributed by atoms with Crippen LogP contribution in [0.3, 0.4) is 0 Å². The molecule has 114 valence electrons. The summed E-state index contributed by atoms with van der Waals surface area (Å²) in [6, 6.07) is 10.5. The van der Waals surface area contributed by atoms with Crippen LogP contribution in [0.2, 0.25) is 0 Å². The topological polar surface area (TPSA) is 21.3 Å². The first-order valence-electron chi connectivity index (χ1n) is 7.94. The van der Waals surface area contributed by atoms with Gasteiger partial charge < -0.3 is 10.1 Å². The third kappa shape index (κ3) is 7.66. The molecule has 1 rings (SSSR count). The Morgan fingerprint density at radius 1 is 1.05 bits per heavy atom. The van der Waals surface area contributed by atoms with E-state index < -0.39 is 0 Å². The van der Waals surface area contributed by atoms with Crippen LogP contribution in [0, 0.1) is 0 Å². The van der Waals surface area contributed by atoms with Crippen molar-refractivity contribution in [1.29, 1.82) is 0 Å². The molecule has 1 aromatic rings. The number of rotatable bonds is 9. The van der Waals surface area contributed by atoms with Gasteiger partial charge in [-0.05, 0) is 32.8 Å². The quantitative estimate of drug-likeness (QED) is 0.660. The lowest BCUT2D eigenvalue weighted by Gasteiger charge is -2.26. The summed E-state index contributed by atoms with van der Waals surface area (Å²) in [5.41, 5.74) is 1.39. The fraction of sp³-hybridized carbons (Fsp3) is 0.667. The van der Waals surface area contributed by atoms with Crippen LogP contribution in [0.15, 0.2) is 30.3 Å². The van der Waals surface area contributed by atoms with E-state index in [9.17, 15) is 0 Å². The van der Waals surface area contributed by atoms with Crippen molar-refractivity contribution in [1.82, 2.24) is 5.32 Å². The van der Waals surface area contributed by atoms with E-state index in [4.69, 9.17) is 4.74 Å². The van der Waals surface area contributed by atoms with Gasteiger partial charge in [-0.1, -0.05) is 56.5 Å². The molecule has 0 spiro atoms. The lowest BCUT2D eigenvalue weighted by atomic mass is 10.1. The van der Waals surface area contributed by atoms with Crippen LogP contribution in [-0.4, -0.2) is 18.7 Å². The third-order valence-corrected chi connectivity index (χ3v) is 3.31. The molecule has 0 bridgehead atoms. The van der Waals surface area contributed by atoms with Gasteiger partial charge in [0.25, 0.3) is 0 Å². The Labute approximate surface area is 124 Å². The highest BCUT2D eigenvalue weighted by Gasteiger charge is 2.16. The zero-order valence-electron chi connectivity index (χ0n) is 13.6. The number of hydrogen-bond donors (Lipinski definition) is 1. The molecule has 1 aromatic carbocycles. The summed E-state index contributed by atoms with van der Waals surface area (Å²) >= 11 is 0. The Hall–Kier alpha value is -0.860. The second-order valence-electron chi connectivity index (χ2n) is 6.46. The average molecular weight is 277 g/mol. The maximum atomic E-state index is 6.11. The lowest BCUT2D eigenvalue weighted by molar-refractivity contribution is 0.0457. The summed E-state index contributed by atoms with van der Waals surface area (Å²) in [7, 11) is 0. The molecule has 20 heavy (non-hydrogen) atoms. The molecule has 0 saturated carbocycles. The maximum Gasteiger partial charge on any atom is 0.0949 e. The number of benzene rings is 1. The first-order valence-corrected chi connectivity index (χ1v) is 7.94. The predicted molar refractivity (Wildman–Crippen MR) is 87.0 cm³/mol. The minimum Gasteiger partial charge on any atom is -0.372 e. The molecule has 1 N–H and O–H groups in total. The normalized spacial score (nSPS) is 13.4. The predicted octanol–water partition coefficient (Wildman–Crippen LogP) is 4.71. The smallest absolute Gasteiger partial charge is 0.0949 e. The molecule has 2 nitrogen and oxygen atoms in total. The van der Waals surface area contributed by atoms with E-state index in [1.54, 1.807) is 0 Å². The van der Waals surface area contributed by atoms with E-state index in [0.717, 1.165) is 19.6 Å². The van der Waals surface area contributed by atoms with E-state index in [1.807, 2.05) is 0 Å². The van der Waals surface area contributed by atoms with E-state index in [2.05, 4.69) is 63.3 Å². The summed E-state index contributed by atoms with van der Waals surface area (Å²) in [6.45, 7) is 10.5. The molecule has 2 heteroatoms. The van der Waals surface area contributed by atoms with Crippen molar-refractivity contribution in [2.75, 3.05) is 13.2 Å². The van der Waals surface area contributed by atoms with Crippen LogP contribution < -0.4 is 5.32 Å². The van der Waals surface area contributed by atoms with Crippen LogP contribution in [0.4, 0.5) is 0 Å². The first kappa shape index (κ1) is 17.2. The van der Waals surface area contributed by atoms with Gasteiger partial charge in [0.1, 0.15) is 0 Å². The van der Waals surface area contributed by atoms with Crippen molar-refractivity contribution in [3.8, 4) is 0 Å². The van der Waals surface area contributed by atoms with Gasteiger partial charge in [-0.3, -0.25) is 0 Å². The summed E-state index contributed by atoms with van der Waals surface area (Å²) < 4.78 is 6.11. The average Bonchev–Trinajstić information content (AvgIpc) is 2.42. The highest BCUT2D eigenvalue weighted by atomic mass is 16.5. The number of hydrogen-bond acceptors (Lipinski definition) is 2. The molecule has 1 unspecified atom stereocenters. The minimum atomic E-state index is 0.124. The fourth-order valence-electron chi connectivity index (χ4n) is 2.09. The van der Waals surface area contributed by atoms with Gasteiger partial charge in [-0.15, -0.1) is 0 Å². The van der Waals surface area contributed by atoms with Crippen molar-refractivity contribution in [2.45, 2.75) is 65.0 Å². The van der Waals surface area contributed by atoms with Gasteiger partial charge in [0, 0.05) is 18.7 Å². The van der Waals surface area contributed by atoms with Crippen LogP contribution in [0.25, 0.3) is 0 Å². The Morgan fingerprint density at radius 2 is 1.75 bits per heavy atom. The molecule has 1 atom stereocenters. The summed E-state index contributed by atoms with van der Waals surface area (Å²) in [5.74, 6) is 0. The molecule has 0 heterocycles. The second kappa shape index (κ2) is 9.15. The van der Waals surface area contributed by atoms with Crippen molar-refractivity contribution >= 4 is 0 Å². The van der Waals surface area contributed by atoms with Gasteiger partial charge in [-0.25, -0.2) is 0 Å². The molecule has 0 aromatic heterocycles. The highest BCUT2D eigenvalue weighted by Crippen LogP contribution is 2.18.